The Morgan fingerprint density at radius 3 is 2.77 bits per heavy atom. The molecule has 0 fully saturated rings. The number of benzene rings is 2. The number of aryl methyl sites for hydroxylation is 1. The van der Waals surface area contributed by atoms with Crippen LogP contribution in [0.5, 0.6) is 0 Å². The molecule has 0 saturated carbocycles. The van der Waals surface area contributed by atoms with E-state index in [1.54, 1.807) is 6.07 Å². The number of halogens is 1. The number of urea groups is 1. The molecule has 9 heteroatoms. The van der Waals surface area contributed by atoms with Gasteiger partial charge in [-0.3, -0.25) is 14.9 Å². The highest BCUT2D eigenvalue weighted by Gasteiger charge is 2.32. The Morgan fingerprint density at radius 2 is 2.08 bits per heavy atom. The predicted molar refractivity (Wildman–Crippen MR) is 92.4 cm³/mol. The first-order valence-electron chi connectivity index (χ1n) is 7.84. The molecule has 1 aliphatic heterocycles. The van der Waals surface area contributed by atoms with Crippen molar-refractivity contribution in [1.82, 2.24) is 5.32 Å². The van der Waals surface area contributed by atoms with Gasteiger partial charge in [-0.25, -0.2) is 9.18 Å². The number of nitro benzene ring substituents is 1. The molecule has 0 spiro atoms. The minimum atomic E-state index is -1.05. The molecule has 1 heterocycles. The maximum absolute atomic E-state index is 13.4. The standard InChI is InChI=1S/C17H15FN4O4/c1-2-9-3-5-11(22(25)26)8-14(9)20-17(24)21-15-12-7-10(18)4-6-13(12)19-16(15)23/h3-8,15H,2H2,1H3,(H,19,23)(H2,20,21,24). The third-order valence-electron chi connectivity index (χ3n) is 4.05. The van der Waals surface area contributed by atoms with Crippen LogP contribution in [-0.4, -0.2) is 16.9 Å². The van der Waals surface area contributed by atoms with E-state index >= 15 is 0 Å². The van der Waals surface area contributed by atoms with Crippen molar-refractivity contribution in [3.63, 3.8) is 0 Å². The molecule has 0 radical (unpaired) electrons. The molecule has 134 valence electrons. The first kappa shape index (κ1) is 17.3. The fraction of sp³-hybridized carbons (Fsp3) is 0.176. The normalized spacial score (nSPS) is 15.2. The van der Waals surface area contributed by atoms with Gasteiger partial charge in [0.2, 0.25) is 0 Å². The summed E-state index contributed by atoms with van der Waals surface area (Å²) in [5.41, 5.74) is 1.56. The Kier molecular flexibility index (Phi) is 4.53. The summed E-state index contributed by atoms with van der Waals surface area (Å²) in [6.45, 7) is 1.84. The van der Waals surface area contributed by atoms with Gasteiger partial charge in [-0.15, -0.1) is 0 Å². The second-order valence-electron chi connectivity index (χ2n) is 5.70. The van der Waals surface area contributed by atoms with Gasteiger partial charge in [0.25, 0.3) is 11.6 Å². The van der Waals surface area contributed by atoms with Crippen LogP contribution in [0.15, 0.2) is 36.4 Å². The molecule has 1 atom stereocenters. The summed E-state index contributed by atoms with van der Waals surface area (Å²) >= 11 is 0. The summed E-state index contributed by atoms with van der Waals surface area (Å²) in [4.78, 5) is 34.7. The van der Waals surface area contributed by atoms with Crippen LogP contribution in [0.2, 0.25) is 0 Å². The second kappa shape index (κ2) is 6.79. The predicted octanol–water partition coefficient (Wildman–Crippen LogP) is 3.11. The van der Waals surface area contributed by atoms with Gasteiger partial charge in [0.05, 0.1) is 10.6 Å². The Labute approximate surface area is 147 Å². The van der Waals surface area contributed by atoms with E-state index < -0.39 is 28.7 Å². The molecule has 2 aromatic rings. The summed E-state index contributed by atoms with van der Waals surface area (Å²) in [6, 6.07) is 6.17. The van der Waals surface area contributed by atoms with Crippen molar-refractivity contribution < 1.29 is 18.9 Å². The number of nitrogens with one attached hydrogen (secondary N) is 3. The lowest BCUT2D eigenvalue weighted by Gasteiger charge is -2.14. The summed E-state index contributed by atoms with van der Waals surface area (Å²) < 4.78 is 13.4. The number of carbonyl (C=O) groups excluding carboxylic acids is 2. The Hall–Kier alpha value is -3.49. The quantitative estimate of drug-likeness (QED) is 0.575. The fourth-order valence-electron chi connectivity index (χ4n) is 2.77. The van der Waals surface area contributed by atoms with E-state index in [0.717, 1.165) is 0 Å². The van der Waals surface area contributed by atoms with Gasteiger partial charge < -0.3 is 16.0 Å². The molecule has 0 saturated heterocycles. The van der Waals surface area contributed by atoms with Gasteiger partial charge in [-0.1, -0.05) is 13.0 Å². The molecular weight excluding hydrogens is 343 g/mol. The minimum Gasteiger partial charge on any atom is -0.324 e. The molecule has 2 aromatic carbocycles. The minimum absolute atomic E-state index is 0.163. The number of hydrogen-bond acceptors (Lipinski definition) is 4. The van der Waals surface area contributed by atoms with Gasteiger partial charge in [0, 0.05) is 23.4 Å². The van der Waals surface area contributed by atoms with Crippen LogP contribution in [-0.2, 0) is 11.2 Å². The number of nitro groups is 1. The molecular formula is C17H15FN4O4. The molecule has 26 heavy (non-hydrogen) atoms. The van der Waals surface area contributed by atoms with E-state index in [0.29, 0.717) is 23.2 Å². The largest absolute Gasteiger partial charge is 0.324 e. The van der Waals surface area contributed by atoms with Crippen molar-refractivity contribution in [2.45, 2.75) is 19.4 Å². The van der Waals surface area contributed by atoms with Crippen LogP contribution in [0.4, 0.5) is 26.2 Å². The molecule has 3 rings (SSSR count). The molecule has 0 aliphatic carbocycles. The molecule has 0 aromatic heterocycles. The van der Waals surface area contributed by atoms with E-state index in [4.69, 9.17) is 0 Å². The number of hydrogen-bond donors (Lipinski definition) is 3. The lowest BCUT2D eigenvalue weighted by Crippen LogP contribution is -2.36. The number of anilines is 2. The van der Waals surface area contributed by atoms with Crippen LogP contribution >= 0.6 is 0 Å². The second-order valence-corrected chi connectivity index (χ2v) is 5.70. The first-order valence-corrected chi connectivity index (χ1v) is 7.84. The molecule has 1 aliphatic rings. The third-order valence-corrected chi connectivity index (χ3v) is 4.05. The van der Waals surface area contributed by atoms with Crippen molar-refractivity contribution in [3.05, 3.63) is 63.5 Å². The number of carbonyl (C=O) groups is 2. The van der Waals surface area contributed by atoms with Crippen LogP contribution < -0.4 is 16.0 Å². The van der Waals surface area contributed by atoms with Crippen LogP contribution in [0.25, 0.3) is 0 Å². The SMILES string of the molecule is CCc1ccc([N+](=O)[O-])cc1NC(=O)NC1C(=O)Nc2ccc(F)cc21. The van der Waals surface area contributed by atoms with Gasteiger partial charge in [-0.2, -0.15) is 0 Å². The lowest BCUT2D eigenvalue weighted by molar-refractivity contribution is -0.384. The highest BCUT2D eigenvalue weighted by atomic mass is 19.1. The Morgan fingerprint density at radius 1 is 1.31 bits per heavy atom. The average Bonchev–Trinajstić information content (AvgIpc) is 2.90. The Balaban J connectivity index is 1.80. The topological polar surface area (TPSA) is 113 Å². The maximum atomic E-state index is 13.4. The van der Waals surface area contributed by atoms with Crippen molar-refractivity contribution in [2.24, 2.45) is 0 Å². The first-order chi connectivity index (χ1) is 12.4. The van der Waals surface area contributed by atoms with Crippen LogP contribution in [0.1, 0.15) is 24.1 Å². The highest BCUT2D eigenvalue weighted by Crippen LogP contribution is 2.31. The van der Waals surface area contributed by atoms with E-state index in [1.165, 1.54) is 30.3 Å². The third kappa shape index (κ3) is 3.32. The van der Waals surface area contributed by atoms with Gasteiger partial charge in [-0.05, 0) is 30.2 Å². The van der Waals surface area contributed by atoms with Crippen LogP contribution in [0, 0.1) is 15.9 Å². The Bertz CT molecular complexity index is 916. The zero-order chi connectivity index (χ0) is 18.8. The zero-order valence-corrected chi connectivity index (χ0v) is 13.7. The number of rotatable bonds is 4. The molecule has 8 nitrogen and oxygen atoms in total. The van der Waals surface area contributed by atoms with Gasteiger partial charge in [0.1, 0.15) is 11.9 Å². The summed E-state index contributed by atoms with van der Waals surface area (Å²) in [5, 5.41) is 18.5. The summed E-state index contributed by atoms with van der Waals surface area (Å²) in [6.07, 6.45) is 0.547. The monoisotopic (exact) mass is 358 g/mol. The van der Waals surface area contributed by atoms with Crippen molar-refractivity contribution in [3.8, 4) is 0 Å². The molecule has 0 bridgehead atoms. The fourth-order valence-corrected chi connectivity index (χ4v) is 2.77. The van der Waals surface area contributed by atoms with E-state index in [9.17, 15) is 24.1 Å². The summed E-state index contributed by atoms with van der Waals surface area (Å²) in [5.74, 6) is -1.02. The smallest absolute Gasteiger partial charge is 0.320 e. The molecule has 3 amide bonds. The molecule has 3 N–H and O–H groups in total. The maximum Gasteiger partial charge on any atom is 0.320 e. The highest BCUT2D eigenvalue weighted by molar-refractivity contribution is 6.05. The van der Waals surface area contributed by atoms with Crippen molar-refractivity contribution in [1.29, 1.82) is 0 Å². The van der Waals surface area contributed by atoms with Crippen molar-refractivity contribution in [2.75, 3.05) is 10.6 Å². The number of nitrogens with zero attached hydrogens (tertiary/aromatic N) is 1. The summed E-state index contributed by atoms with van der Waals surface area (Å²) in [7, 11) is 0. The van der Waals surface area contributed by atoms with E-state index in [-0.39, 0.29) is 11.4 Å². The number of non-ortho nitro benzene ring substituents is 1. The van der Waals surface area contributed by atoms with E-state index in [1.807, 2.05) is 6.92 Å². The van der Waals surface area contributed by atoms with Crippen molar-refractivity contribution >= 4 is 29.0 Å². The van der Waals surface area contributed by atoms with Gasteiger partial charge in [0.15, 0.2) is 0 Å². The van der Waals surface area contributed by atoms with E-state index in [2.05, 4.69) is 16.0 Å². The molecule has 1 unspecified atom stereocenters. The van der Waals surface area contributed by atoms with Gasteiger partial charge >= 0.3 is 6.03 Å². The average molecular weight is 358 g/mol. The number of amides is 3. The lowest BCUT2D eigenvalue weighted by atomic mass is 10.1. The van der Waals surface area contributed by atoms with Crippen LogP contribution in [0.3, 0.4) is 0 Å². The zero-order valence-electron chi connectivity index (χ0n) is 13.7. The number of fused-ring (bicyclic) bond motifs is 1.